The summed E-state index contributed by atoms with van der Waals surface area (Å²) in [4.78, 5) is 2.63. The molecule has 1 aromatic carbocycles. The highest BCUT2D eigenvalue weighted by Crippen LogP contribution is 2.47. The van der Waals surface area contributed by atoms with Crippen LogP contribution in [0.25, 0.3) is 0 Å². The second-order valence-corrected chi connectivity index (χ2v) is 6.66. The summed E-state index contributed by atoms with van der Waals surface area (Å²) in [7, 11) is 1.80. The SMILES string of the molecule is CCCN1C[C@@H]2CCc3c(Br)ccc(OC)c3[C@@H]2C1. The first-order valence-corrected chi connectivity index (χ1v) is 8.11. The van der Waals surface area contributed by atoms with E-state index >= 15 is 0 Å². The Kier molecular flexibility index (Phi) is 3.86. The van der Waals surface area contributed by atoms with E-state index in [2.05, 4.69) is 39.9 Å². The van der Waals surface area contributed by atoms with Gasteiger partial charge in [-0.15, -0.1) is 0 Å². The third-order valence-corrected chi connectivity index (χ3v) is 5.42. The first-order valence-electron chi connectivity index (χ1n) is 7.32. The molecule has 0 amide bonds. The predicted molar refractivity (Wildman–Crippen MR) is 82.0 cm³/mol. The zero-order chi connectivity index (χ0) is 13.4. The maximum Gasteiger partial charge on any atom is 0.122 e. The number of ether oxygens (including phenoxy) is 1. The van der Waals surface area contributed by atoms with Crippen molar-refractivity contribution >= 4 is 15.9 Å². The van der Waals surface area contributed by atoms with Crippen molar-refractivity contribution in [3.05, 3.63) is 27.7 Å². The molecule has 3 heteroatoms. The summed E-state index contributed by atoms with van der Waals surface area (Å²) in [5, 5.41) is 0. The molecule has 1 fully saturated rings. The maximum atomic E-state index is 5.63. The van der Waals surface area contributed by atoms with E-state index in [1.807, 2.05) is 0 Å². The molecule has 2 aliphatic rings. The lowest BCUT2D eigenvalue weighted by Gasteiger charge is -2.29. The molecule has 104 valence electrons. The molecule has 1 aromatic rings. The van der Waals surface area contributed by atoms with E-state index in [0.29, 0.717) is 5.92 Å². The molecule has 19 heavy (non-hydrogen) atoms. The van der Waals surface area contributed by atoms with E-state index in [1.165, 1.54) is 54.5 Å². The molecule has 1 aliphatic heterocycles. The van der Waals surface area contributed by atoms with Crippen LogP contribution in [0.1, 0.15) is 36.8 Å². The minimum atomic E-state index is 0.669. The quantitative estimate of drug-likeness (QED) is 0.838. The van der Waals surface area contributed by atoms with Crippen LogP contribution in [-0.2, 0) is 6.42 Å². The molecule has 2 nitrogen and oxygen atoms in total. The van der Waals surface area contributed by atoms with Crippen LogP contribution in [-0.4, -0.2) is 31.6 Å². The molecule has 2 atom stereocenters. The van der Waals surface area contributed by atoms with Gasteiger partial charge in [-0.25, -0.2) is 0 Å². The number of halogens is 1. The van der Waals surface area contributed by atoms with Gasteiger partial charge in [0.05, 0.1) is 7.11 Å². The smallest absolute Gasteiger partial charge is 0.122 e. The lowest BCUT2D eigenvalue weighted by Crippen LogP contribution is -2.21. The van der Waals surface area contributed by atoms with Crippen LogP contribution >= 0.6 is 15.9 Å². The number of fused-ring (bicyclic) bond motifs is 3. The van der Waals surface area contributed by atoms with Gasteiger partial charge in [0.25, 0.3) is 0 Å². The molecule has 1 heterocycles. The molecule has 1 saturated heterocycles. The summed E-state index contributed by atoms with van der Waals surface area (Å²) in [6.07, 6.45) is 3.76. The predicted octanol–water partition coefficient (Wildman–Crippen LogP) is 3.83. The fourth-order valence-electron chi connectivity index (χ4n) is 3.86. The van der Waals surface area contributed by atoms with E-state index in [-0.39, 0.29) is 0 Å². The third kappa shape index (κ3) is 2.31. The van der Waals surface area contributed by atoms with Crippen LogP contribution < -0.4 is 4.74 Å². The van der Waals surface area contributed by atoms with Crippen molar-refractivity contribution in [2.75, 3.05) is 26.7 Å². The van der Waals surface area contributed by atoms with Crippen molar-refractivity contribution in [3.8, 4) is 5.75 Å². The first-order chi connectivity index (χ1) is 9.24. The lowest BCUT2D eigenvalue weighted by molar-refractivity contribution is 0.322. The number of likely N-dealkylation sites (tertiary alicyclic amines) is 1. The Hall–Kier alpha value is -0.540. The highest BCUT2D eigenvalue weighted by molar-refractivity contribution is 9.10. The Morgan fingerprint density at radius 3 is 2.95 bits per heavy atom. The first kappa shape index (κ1) is 13.4. The van der Waals surface area contributed by atoms with E-state index < -0.39 is 0 Å². The Morgan fingerprint density at radius 1 is 1.37 bits per heavy atom. The fourth-order valence-corrected chi connectivity index (χ4v) is 4.41. The van der Waals surface area contributed by atoms with Crippen LogP contribution in [0.5, 0.6) is 5.75 Å². The minimum absolute atomic E-state index is 0.669. The van der Waals surface area contributed by atoms with Crippen molar-refractivity contribution in [1.29, 1.82) is 0 Å². The highest BCUT2D eigenvalue weighted by atomic mass is 79.9. The zero-order valence-electron chi connectivity index (χ0n) is 11.8. The largest absolute Gasteiger partial charge is 0.496 e. The summed E-state index contributed by atoms with van der Waals surface area (Å²) < 4.78 is 6.89. The standard InChI is InChI=1S/C16H22BrNO/c1-3-8-18-9-11-4-5-12-14(17)6-7-15(19-2)16(12)13(11)10-18/h6-7,11,13H,3-5,8-10H2,1-2H3/t11-,13+/m0/s1. The highest BCUT2D eigenvalue weighted by Gasteiger charge is 2.39. The molecule has 0 unspecified atom stereocenters. The van der Waals surface area contributed by atoms with E-state index in [1.54, 1.807) is 7.11 Å². The number of nitrogens with zero attached hydrogens (tertiary/aromatic N) is 1. The zero-order valence-corrected chi connectivity index (χ0v) is 13.4. The van der Waals surface area contributed by atoms with Gasteiger partial charge >= 0.3 is 0 Å². The van der Waals surface area contributed by atoms with Gasteiger partial charge in [-0.05, 0) is 49.4 Å². The molecule has 1 aliphatic carbocycles. The average Bonchev–Trinajstić information content (AvgIpc) is 2.82. The molecule has 0 spiro atoms. The summed E-state index contributed by atoms with van der Waals surface area (Å²) in [6.45, 7) is 5.98. The fraction of sp³-hybridized carbons (Fsp3) is 0.625. The maximum absolute atomic E-state index is 5.63. The Labute approximate surface area is 124 Å². The number of hydrogen-bond donors (Lipinski definition) is 0. The Balaban J connectivity index is 1.97. The van der Waals surface area contributed by atoms with Crippen LogP contribution in [0.3, 0.4) is 0 Å². The minimum Gasteiger partial charge on any atom is -0.496 e. The molecule has 0 bridgehead atoms. The van der Waals surface area contributed by atoms with Gasteiger partial charge in [0.1, 0.15) is 5.75 Å². The van der Waals surface area contributed by atoms with Crippen molar-refractivity contribution in [3.63, 3.8) is 0 Å². The Bertz CT molecular complexity index is 474. The van der Waals surface area contributed by atoms with Gasteiger partial charge in [0.15, 0.2) is 0 Å². The van der Waals surface area contributed by atoms with E-state index in [9.17, 15) is 0 Å². The number of methoxy groups -OCH3 is 1. The molecule has 3 rings (SSSR count). The van der Waals surface area contributed by atoms with Crippen LogP contribution in [0.4, 0.5) is 0 Å². The van der Waals surface area contributed by atoms with Crippen molar-refractivity contribution in [1.82, 2.24) is 4.90 Å². The van der Waals surface area contributed by atoms with Crippen molar-refractivity contribution < 1.29 is 4.74 Å². The van der Waals surface area contributed by atoms with Crippen LogP contribution in [0.2, 0.25) is 0 Å². The van der Waals surface area contributed by atoms with Gasteiger partial charge in [-0.1, -0.05) is 22.9 Å². The van der Waals surface area contributed by atoms with Gasteiger partial charge < -0.3 is 9.64 Å². The topological polar surface area (TPSA) is 12.5 Å². The molecule has 0 saturated carbocycles. The summed E-state index contributed by atoms with van der Waals surface area (Å²) in [5.41, 5.74) is 2.96. The summed E-state index contributed by atoms with van der Waals surface area (Å²) in [6, 6.07) is 4.25. The number of benzene rings is 1. The van der Waals surface area contributed by atoms with Crippen molar-refractivity contribution in [2.24, 2.45) is 5.92 Å². The lowest BCUT2D eigenvalue weighted by atomic mass is 9.76. The van der Waals surface area contributed by atoms with Gasteiger partial charge in [0, 0.05) is 29.0 Å². The molecule has 0 N–H and O–H groups in total. The van der Waals surface area contributed by atoms with Gasteiger partial charge in [0.2, 0.25) is 0 Å². The van der Waals surface area contributed by atoms with E-state index in [4.69, 9.17) is 4.74 Å². The van der Waals surface area contributed by atoms with Crippen molar-refractivity contribution in [2.45, 2.75) is 32.1 Å². The Morgan fingerprint density at radius 2 is 2.21 bits per heavy atom. The second kappa shape index (κ2) is 5.45. The summed E-state index contributed by atoms with van der Waals surface area (Å²) >= 11 is 3.72. The number of rotatable bonds is 3. The summed E-state index contributed by atoms with van der Waals surface area (Å²) in [5.74, 6) is 2.58. The normalized spacial score (nSPS) is 26.1. The molecular formula is C16H22BrNO. The van der Waals surface area contributed by atoms with Crippen LogP contribution in [0.15, 0.2) is 16.6 Å². The molecule has 0 radical (unpaired) electrons. The monoisotopic (exact) mass is 323 g/mol. The molecule has 0 aromatic heterocycles. The number of hydrogen-bond acceptors (Lipinski definition) is 2. The average molecular weight is 324 g/mol. The third-order valence-electron chi connectivity index (χ3n) is 4.67. The van der Waals surface area contributed by atoms with Gasteiger partial charge in [-0.3, -0.25) is 0 Å². The van der Waals surface area contributed by atoms with Crippen LogP contribution in [0, 0.1) is 5.92 Å². The van der Waals surface area contributed by atoms with Gasteiger partial charge in [-0.2, -0.15) is 0 Å². The second-order valence-electron chi connectivity index (χ2n) is 5.81. The molecular weight excluding hydrogens is 302 g/mol. The van der Waals surface area contributed by atoms with E-state index in [0.717, 1.165) is 11.7 Å².